The zero-order valence-corrected chi connectivity index (χ0v) is 12.3. The smallest absolute Gasteiger partial charge is 0.235 e. The Morgan fingerprint density at radius 3 is 2.95 bits per heavy atom. The third-order valence-electron chi connectivity index (χ3n) is 2.86. The van der Waals surface area contributed by atoms with E-state index in [2.05, 4.69) is 5.92 Å². The van der Waals surface area contributed by atoms with Crippen molar-refractivity contribution in [2.24, 2.45) is 0 Å². The lowest BCUT2D eigenvalue weighted by Crippen LogP contribution is -2.10. The summed E-state index contributed by atoms with van der Waals surface area (Å²) in [5.41, 5.74) is 0.179. The minimum absolute atomic E-state index is 0.00475. The second kappa shape index (κ2) is 5.65. The van der Waals surface area contributed by atoms with Crippen molar-refractivity contribution >= 4 is 33.9 Å². The molecule has 0 unspecified atom stereocenters. The largest absolute Gasteiger partial charge is 0.473 e. The number of halogens is 1. The third kappa shape index (κ3) is 2.54. The normalized spacial score (nSPS) is 10.5. The first-order valence-electron chi connectivity index (χ1n) is 6.07. The Morgan fingerprint density at radius 2 is 2.24 bits per heavy atom. The van der Waals surface area contributed by atoms with Gasteiger partial charge in [-0.25, -0.2) is 0 Å². The molecule has 0 atom stereocenters. The molecule has 3 rings (SSSR count). The van der Waals surface area contributed by atoms with Gasteiger partial charge in [-0.3, -0.25) is 4.79 Å². The number of hydrogen-bond donors (Lipinski definition) is 0. The monoisotopic (exact) mass is 316 g/mol. The summed E-state index contributed by atoms with van der Waals surface area (Å²) < 4.78 is 11.2. The van der Waals surface area contributed by atoms with Crippen LogP contribution in [0.5, 0.6) is 5.75 Å². The summed E-state index contributed by atoms with van der Waals surface area (Å²) in [5.74, 6) is 2.85. The maximum Gasteiger partial charge on any atom is 0.235 e. The summed E-state index contributed by atoms with van der Waals surface area (Å²) in [5, 5.41) is 2.73. The van der Waals surface area contributed by atoms with Gasteiger partial charge >= 0.3 is 0 Å². The molecule has 104 valence electrons. The van der Waals surface area contributed by atoms with E-state index in [4.69, 9.17) is 27.2 Å². The molecule has 0 saturated heterocycles. The van der Waals surface area contributed by atoms with Crippen LogP contribution in [0.2, 0.25) is 5.02 Å². The van der Waals surface area contributed by atoms with Crippen molar-refractivity contribution in [2.45, 2.75) is 0 Å². The fraction of sp³-hybridized carbons (Fsp3) is 0.0625. The molecule has 0 radical (unpaired) electrons. The van der Waals surface area contributed by atoms with Crippen molar-refractivity contribution in [1.29, 1.82) is 0 Å². The molecule has 5 heteroatoms. The number of ether oxygens (including phenoxy) is 1. The second-order valence-electron chi connectivity index (χ2n) is 4.20. The van der Waals surface area contributed by atoms with Crippen molar-refractivity contribution in [3.05, 3.63) is 51.0 Å². The Labute approximate surface area is 129 Å². The van der Waals surface area contributed by atoms with Crippen LogP contribution in [0.4, 0.5) is 0 Å². The van der Waals surface area contributed by atoms with E-state index in [9.17, 15) is 4.79 Å². The fourth-order valence-corrected chi connectivity index (χ4v) is 2.84. The summed E-state index contributed by atoms with van der Waals surface area (Å²) in [7, 11) is 0. The van der Waals surface area contributed by atoms with Crippen LogP contribution in [-0.4, -0.2) is 6.61 Å². The molecule has 0 aliphatic carbocycles. The van der Waals surface area contributed by atoms with E-state index >= 15 is 0 Å². The summed E-state index contributed by atoms with van der Waals surface area (Å²) in [6.45, 7) is -0.00475. The quantitative estimate of drug-likeness (QED) is 0.680. The molecule has 0 amide bonds. The summed E-state index contributed by atoms with van der Waals surface area (Å²) >= 11 is 7.39. The summed E-state index contributed by atoms with van der Waals surface area (Å²) in [6, 6.07) is 8.63. The first-order valence-corrected chi connectivity index (χ1v) is 7.33. The molecule has 0 fully saturated rings. The van der Waals surface area contributed by atoms with E-state index in [1.165, 1.54) is 11.3 Å². The van der Waals surface area contributed by atoms with Gasteiger partial charge in [0, 0.05) is 5.02 Å². The van der Waals surface area contributed by atoms with Gasteiger partial charge in [0.2, 0.25) is 11.2 Å². The van der Waals surface area contributed by atoms with Crippen LogP contribution in [0.3, 0.4) is 0 Å². The summed E-state index contributed by atoms with van der Waals surface area (Å²) in [4.78, 5) is 13.4. The molecular formula is C16H9ClO3S. The molecular weight excluding hydrogens is 308 g/mol. The molecule has 0 aliphatic rings. The predicted octanol–water partition coefficient (Wildman–Crippen LogP) is 4.19. The predicted molar refractivity (Wildman–Crippen MR) is 85.1 cm³/mol. The maximum atomic E-state index is 12.6. The van der Waals surface area contributed by atoms with E-state index in [0.29, 0.717) is 21.8 Å². The number of rotatable bonds is 3. The van der Waals surface area contributed by atoms with E-state index in [0.717, 1.165) is 4.88 Å². The molecule has 2 heterocycles. The van der Waals surface area contributed by atoms with E-state index in [1.807, 2.05) is 17.5 Å². The van der Waals surface area contributed by atoms with Gasteiger partial charge in [0.15, 0.2) is 5.76 Å². The van der Waals surface area contributed by atoms with Crippen molar-refractivity contribution in [3.8, 4) is 28.7 Å². The van der Waals surface area contributed by atoms with Gasteiger partial charge in [-0.15, -0.1) is 17.8 Å². The van der Waals surface area contributed by atoms with Crippen LogP contribution in [0.15, 0.2) is 44.9 Å². The lowest BCUT2D eigenvalue weighted by molar-refractivity contribution is 0.358. The highest BCUT2D eigenvalue weighted by Gasteiger charge is 2.18. The first kappa shape index (κ1) is 13.7. The highest BCUT2D eigenvalue weighted by Crippen LogP contribution is 2.34. The third-order valence-corrected chi connectivity index (χ3v) is 3.96. The number of fused-ring (bicyclic) bond motifs is 1. The lowest BCUT2D eigenvalue weighted by atomic mass is 10.2. The van der Waals surface area contributed by atoms with E-state index < -0.39 is 0 Å². The van der Waals surface area contributed by atoms with Gasteiger partial charge in [0.05, 0.1) is 10.3 Å². The van der Waals surface area contributed by atoms with E-state index in [-0.39, 0.29) is 17.8 Å². The molecule has 1 aromatic carbocycles. The Hall–Kier alpha value is -2.22. The number of terminal acetylenes is 1. The molecule has 0 aliphatic heterocycles. The van der Waals surface area contributed by atoms with Crippen LogP contribution >= 0.6 is 22.9 Å². The van der Waals surface area contributed by atoms with Gasteiger partial charge < -0.3 is 9.15 Å². The molecule has 0 spiro atoms. The Balaban J connectivity index is 2.32. The molecule has 21 heavy (non-hydrogen) atoms. The van der Waals surface area contributed by atoms with Crippen LogP contribution in [0.1, 0.15) is 0 Å². The second-order valence-corrected chi connectivity index (χ2v) is 5.58. The van der Waals surface area contributed by atoms with Crippen LogP contribution in [0, 0.1) is 12.3 Å². The molecule has 0 saturated carbocycles. The Bertz CT molecular complexity index is 888. The lowest BCUT2D eigenvalue weighted by Gasteiger charge is -2.08. The SMILES string of the molecule is C#CCOc1c(-c2cccs2)oc2ccc(Cl)cc2c1=O. The van der Waals surface area contributed by atoms with Crippen molar-refractivity contribution in [3.63, 3.8) is 0 Å². The average Bonchev–Trinajstić information content (AvgIpc) is 3.01. The van der Waals surface area contributed by atoms with Crippen molar-refractivity contribution < 1.29 is 9.15 Å². The zero-order valence-electron chi connectivity index (χ0n) is 10.8. The van der Waals surface area contributed by atoms with Crippen molar-refractivity contribution in [2.75, 3.05) is 6.61 Å². The highest BCUT2D eigenvalue weighted by atomic mass is 35.5. The summed E-state index contributed by atoms with van der Waals surface area (Å²) in [6.07, 6.45) is 5.21. The van der Waals surface area contributed by atoms with E-state index in [1.54, 1.807) is 18.2 Å². The molecule has 3 aromatic rings. The number of thiophene rings is 1. The van der Waals surface area contributed by atoms with Gasteiger partial charge in [-0.1, -0.05) is 23.6 Å². The Kier molecular flexibility index (Phi) is 3.70. The Morgan fingerprint density at radius 1 is 1.38 bits per heavy atom. The molecule has 0 N–H and O–H groups in total. The minimum atomic E-state index is -0.280. The topological polar surface area (TPSA) is 39.4 Å². The molecule has 3 nitrogen and oxygen atoms in total. The van der Waals surface area contributed by atoms with Gasteiger partial charge in [0.25, 0.3) is 0 Å². The highest BCUT2D eigenvalue weighted by molar-refractivity contribution is 7.13. The molecule has 0 bridgehead atoms. The van der Waals surface area contributed by atoms with Crippen LogP contribution < -0.4 is 10.2 Å². The van der Waals surface area contributed by atoms with Crippen molar-refractivity contribution in [1.82, 2.24) is 0 Å². The number of hydrogen-bond acceptors (Lipinski definition) is 4. The first-order chi connectivity index (χ1) is 10.2. The van der Waals surface area contributed by atoms with Crippen LogP contribution in [-0.2, 0) is 0 Å². The van der Waals surface area contributed by atoms with Gasteiger partial charge in [-0.2, -0.15) is 0 Å². The number of benzene rings is 1. The standard InChI is InChI=1S/C16H9ClO3S/c1-2-7-19-16-14(18)11-9-10(17)5-6-12(11)20-15(16)13-4-3-8-21-13/h1,3-6,8-9H,7H2. The fourth-order valence-electron chi connectivity index (χ4n) is 1.97. The minimum Gasteiger partial charge on any atom is -0.473 e. The molecule has 2 aromatic heterocycles. The maximum absolute atomic E-state index is 12.6. The zero-order chi connectivity index (χ0) is 14.8. The van der Waals surface area contributed by atoms with Crippen LogP contribution in [0.25, 0.3) is 21.6 Å². The van der Waals surface area contributed by atoms with Gasteiger partial charge in [0.1, 0.15) is 12.2 Å². The van der Waals surface area contributed by atoms with Gasteiger partial charge in [-0.05, 0) is 29.6 Å². The average molecular weight is 317 g/mol.